The summed E-state index contributed by atoms with van der Waals surface area (Å²) < 4.78 is 1.78. The van der Waals surface area contributed by atoms with Crippen LogP contribution in [-0.2, 0) is 0 Å². The van der Waals surface area contributed by atoms with Gasteiger partial charge in [0.25, 0.3) is 0 Å². The van der Waals surface area contributed by atoms with Crippen molar-refractivity contribution < 1.29 is 0 Å². The summed E-state index contributed by atoms with van der Waals surface area (Å²) in [5.74, 6) is 0. The maximum Gasteiger partial charge on any atom is 0.0986 e. The highest BCUT2D eigenvalue weighted by molar-refractivity contribution is 5.77. The van der Waals surface area contributed by atoms with Gasteiger partial charge in [0.15, 0.2) is 0 Å². The van der Waals surface area contributed by atoms with Gasteiger partial charge in [0.2, 0.25) is 0 Å². The van der Waals surface area contributed by atoms with Gasteiger partial charge in [0.05, 0.1) is 11.8 Å². The van der Waals surface area contributed by atoms with Crippen LogP contribution in [-0.4, -0.2) is 14.5 Å². The summed E-state index contributed by atoms with van der Waals surface area (Å²) in [5, 5.41) is 1.20. The number of aromatic nitrogens is 3. The highest BCUT2D eigenvalue weighted by Crippen LogP contribution is 2.07. The molecule has 0 saturated heterocycles. The van der Waals surface area contributed by atoms with E-state index in [1.54, 1.807) is 23.3 Å². The van der Waals surface area contributed by atoms with Crippen LogP contribution in [0.15, 0.2) is 67.9 Å². The van der Waals surface area contributed by atoms with E-state index < -0.39 is 0 Å². The van der Waals surface area contributed by atoms with Crippen LogP contribution in [0.2, 0.25) is 0 Å². The fraction of sp³-hybridized carbons (Fsp3) is 0. The Morgan fingerprint density at radius 1 is 1.06 bits per heavy atom. The molecule has 0 spiro atoms. The first-order chi connectivity index (χ1) is 8.40. The van der Waals surface area contributed by atoms with Crippen LogP contribution in [0.25, 0.3) is 17.1 Å². The molecule has 0 saturated carbocycles. The number of imidazole rings is 1. The van der Waals surface area contributed by atoms with E-state index >= 15 is 0 Å². The fourth-order valence-electron chi connectivity index (χ4n) is 1.39. The van der Waals surface area contributed by atoms with Crippen molar-refractivity contribution >= 4 is 17.1 Å². The van der Waals surface area contributed by atoms with Crippen LogP contribution in [0, 0.1) is 0 Å². The Hall–Kier alpha value is -2.42. The van der Waals surface area contributed by atoms with Crippen molar-refractivity contribution in [1.29, 1.82) is 0 Å². The minimum absolute atomic E-state index is 1.06. The second-order valence-electron chi connectivity index (χ2n) is 3.39. The summed E-state index contributed by atoms with van der Waals surface area (Å²) in [6.45, 7) is 3.53. The highest BCUT2D eigenvalue weighted by Gasteiger charge is 1.86. The Bertz CT molecular complexity index is 520. The number of hydrogen-bond acceptors (Lipinski definition) is 2. The minimum atomic E-state index is 1.06. The first kappa shape index (κ1) is 11.1. The van der Waals surface area contributed by atoms with Crippen LogP contribution in [0.3, 0.4) is 0 Å². The van der Waals surface area contributed by atoms with E-state index in [9.17, 15) is 0 Å². The van der Waals surface area contributed by atoms with Gasteiger partial charge in [-0.1, -0.05) is 30.8 Å². The molecule has 1 aromatic carbocycles. The van der Waals surface area contributed by atoms with E-state index in [0.29, 0.717) is 0 Å². The standard InChI is InChI=1S/C9H7N.C5H6N2/c1-2-6-9-8(4-1)5-3-7-10-9;1-2-7-4-3-6-5-7/h1-7H;2-5H,1H2. The summed E-state index contributed by atoms with van der Waals surface area (Å²) in [4.78, 5) is 7.97. The first-order valence-electron chi connectivity index (χ1n) is 5.30. The maximum absolute atomic E-state index is 4.18. The van der Waals surface area contributed by atoms with Crippen molar-refractivity contribution in [2.45, 2.75) is 0 Å². The number of hydrogen-bond donors (Lipinski definition) is 0. The second-order valence-corrected chi connectivity index (χ2v) is 3.39. The SMILES string of the molecule is C=Cn1ccnc1.c1ccc2ncccc2c1. The zero-order valence-corrected chi connectivity index (χ0v) is 9.40. The molecule has 0 unspecified atom stereocenters. The zero-order valence-electron chi connectivity index (χ0n) is 9.40. The second kappa shape index (κ2) is 5.61. The molecule has 0 atom stereocenters. The number of fused-ring (bicyclic) bond motifs is 1. The largest absolute Gasteiger partial charge is 0.314 e. The predicted molar refractivity (Wildman–Crippen MR) is 70.4 cm³/mol. The van der Waals surface area contributed by atoms with E-state index in [2.05, 4.69) is 28.7 Å². The summed E-state index contributed by atoms with van der Waals surface area (Å²) in [6.07, 6.45) is 8.72. The molecule has 17 heavy (non-hydrogen) atoms. The Morgan fingerprint density at radius 3 is 2.53 bits per heavy atom. The van der Waals surface area contributed by atoms with Gasteiger partial charge in [0.1, 0.15) is 0 Å². The van der Waals surface area contributed by atoms with E-state index in [0.717, 1.165) is 5.52 Å². The topological polar surface area (TPSA) is 30.7 Å². The van der Waals surface area contributed by atoms with Crippen molar-refractivity contribution in [3.05, 3.63) is 67.9 Å². The molecule has 84 valence electrons. The molecular weight excluding hydrogens is 210 g/mol. The van der Waals surface area contributed by atoms with E-state index in [4.69, 9.17) is 0 Å². The number of benzene rings is 1. The van der Waals surface area contributed by atoms with Gasteiger partial charge in [-0.3, -0.25) is 4.98 Å². The lowest BCUT2D eigenvalue weighted by atomic mass is 10.2. The lowest BCUT2D eigenvalue weighted by Gasteiger charge is -1.91. The lowest BCUT2D eigenvalue weighted by Crippen LogP contribution is -1.73. The summed E-state index contributed by atoms with van der Waals surface area (Å²) in [6, 6.07) is 12.1. The molecule has 0 fully saturated rings. The van der Waals surface area contributed by atoms with Crippen LogP contribution < -0.4 is 0 Å². The van der Waals surface area contributed by atoms with Crippen LogP contribution in [0.5, 0.6) is 0 Å². The predicted octanol–water partition coefficient (Wildman–Crippen LogP) is 3.22. The molecule has 2 aromatic heterocycles. The van der Waals surface area contributed by atoms with Crippen molar-refractivity contribution in [3.63, 3.8) is 0 Å². The molecular formula is C14H13N3. The Balaban J connectivity index is 0.000000136. The van der Waals surface area contributed by atoms with Crippen LogP contribution in [0.1, 0.15) is 0 Å². The minimum Gasteiger partial charge on any atom is -0.314 e. The fourth-order valence-corrected chi connectivity index (χ4v) is 1.39. The Kier molecular flexibility index (Phi) is 3.65. The molecule has 0 bridgehead atoms. The summed E-state index contributed by atoms with van der Waals surface area (Å²) >= 11 is 0. The molecule has 0 N–H and O–H groups in total. The summed E-state index contributed by atoms with van der Waals surface area (Å²) in [5.41, 5.74) is 1.06. The molecule has 0 aliphatic heterocycles. The Morgan fingerprint density at radius 2 is 1.88 bits per heavy atom. The van der Waals surface area contributed by atoms with Gasteiger partial charge in [-0.25, -0.2) is 4.98 Å². The first-order valence-corrected chi connectivity index (χ1v) is 5.30. The number of para-hydroxylation sites is 1. The van der Waals surface area contributed by atoms with Gasteiger partial charge in [-0.15, -0.1) is 0 Å². The number of pyridine rings is 1. The van der Waals surface area contributed by atoms with Crippen LogP contribution in [0.4, 0.5) is 0 Å². The smallest absolute Gasteiger partial charge is 0.0986 e. The van der Waals surface area contributed by atoms with Gasteiger partial charge in [-0.2, -0.15) is 0 Å². The molecule has 3 nitrogen and oxygen atoms in total. The van der Waals surface area contributed by atoms with Gasteiger partial charge in [-0.05, 0) is 12.1 Å². The third-order valence-corrected chi connectivity index (χ3v) is 2.25. The van der Waals surface area contributed by atoms with Crippen molar-refractivity contribution in [3.8, 4) is 0 Å². The van der Waals surface area contributed by atoms with Gasteiger partial charge >= 0.3 is 0 Å². The van der Waals surface area contributed by atoms with E-state index in [1.807, 2.05) is 36.7 Å². The molecule has 3 rings (SSSR count). The average molecular weight is 223 g/mol. The molecule has 3 heteroatoms. The van der Waals surface area contributed by atoms with Gasteiger partial charge < -0.3 is 4.57 Å². The average Bonchev–Trinajstić information content (AvgIpc) is 2.93. The molecule has 0 radical (unpaired) electrons. The van der Waals surface area contributed by atoms with E-state index in [-0.39, 0.29) is 0 Å². The van der Waals surface area contributed by atoms with E-state index in [1.165, 1.54) is 5.39 Å². The van der Waals surface area contributed by atoms with Crippen molar-refractivity contribution in [2.24, 2.45) is 0 Å². The highest BCUT2D eigenvalue weighted by atomic mass is 15.0. The van der Waals surface area contributed by atoms with Crippen LogP contribution >= 0.6 is 0 Å². The maximum atomic E-state index is 4.18. The third kappa shape index (κ3) is 3.01. The monoisotopic (exact) mass is 223 g/mol. The third-order valence-electron chi connectivity index (χ3n) is 2.25. The molecule has 3 aromatic rings. The lowest BCUT2D eigenvalue weighted by molar-refractivity contribution is 1.14. The van der Waals surface area contributed by atoms with Gasteiger partial charge in [0, 0.05) is 30.2 Å². The van der Waals surface area contributed by atoms with Crippen molar-refractivity contribution in [2.75, 3.05) is 0 Å². The van der Waals surface area contributed by atoms with Crippen molar-refractivity contribution in [1.82, 2.24) is 14.5 Å². The molecule has 2 heterocycles. The molecule has 0 amide bonds. The molecule has 0 aliphatic rings. The Labute approximate surface area is 100 Å². The normalized spacial score (nSPS) is 9.41. The number of nitrogens with zero attached hydrogens (tertiary/aromatic N) is 3. The zero-order chi connectivity index (χ0) is 11.9. The number of rotatable bonds is 1. The molecule has 0 aliphatic carbocycles. The summed E-state index contributed by atoms with van der Waals surface area (Å²) in [7, 11) is 0. The quantitative estimate of drug-likeness (QED) is 0.634.